The molecule has 1 aromatic carbocycles. The highest BCUT2D eigenvalue weighted by molar-refractivity contribution is 7.98. The summed E-state index contributed by atoms with van der Waals surface area (Å²) in [5, 5.41) is 13.5. The molecule has 0 fully saturated rings. The van der Waals surface area contributed by atoms with Crippen molar-refractivity contribution >= 4 is 23.4 Å². The molecule has 0 aliphatic rings. The zero-order valence-electron chi connectivity index (χ0n) is 11.0. The first-order valence-corrected chi connectivity index (χ1v) is 8.09. The highest BCUT2D eigenvalue weighted by Gasteiger charge is 2.15. The highest BCUT2D eigenvalue weighted by atomic mass is 35.5. The van der Waals surface area contributed by atoms with Gasteiger partial charge in [0.05, 0.1) is 0 Å². The van der Waals surface area contributed by atoms with Crippen molar-refractivity contribution in [2.24, 2.45) is 0 Å². The van der Waals surface area contributed by atoms with Gasteiger partial charge in [-0.25, -0.2) is 0 Å². The second-order valence-corrected chi connectivity index (χ2v) is 5.69. The fourth-order valence-corrected chi connectivity index (χ4v) is 2.89. The maximum absolute atomic E-state index is 9.09. The van der Waals surface area contributed by atoms with Crippen LogP contribution in [-0.2, 0) is 0 Å². The van der Waals surface area contributed by atoms with Crippen molar-refractivity contribution in [3.8, 4) is 0 Å². The molecule has 0 radical (unpaired) electrons. The van der Waals surface area contributed by atoms with Crippen LogP contribution in [0.1, 0.15) is 31.4 Å². The molecule has 2 N–H and O–H groups in total. The predicted octanol–water partition coefficient (Wildman–Crippen LogP) is 3.49. The van der Waals surface area contributed by atoms with E-state index in [1.807, 2.05) is 18.2 Å². The fraction of sp³-hybridized carbons (Fsp3) is 0.571. The number of hydrogen-bond donors (Lipinski definition) is 2. The maximum Gasteiger partial charge on any atom is 0.0446 e. The fourth-order valence-electron chi connectivity index (χ4n) is 2.03. The summed E-state index contributed by atoms with van der Waals surface area (Å²) in [7, 11) is 0. The summed E-state index contributed by atoms with van der Waals surface area (Å²) in [5.41, 5.74) is 1.22. The topological polar surface area (TPSA) is 32.3 Å². The number of nitrogens with one attached hydrogen (secondary N) is 1. The van der Waals surface area contributed by atoms with Gasteiger partial charge in [-0.1, -0.05) is 30.7 Å². The third kappa shape index (κ3) is 5.19. The lowest BCUT2D eigenvalue weighted by atomic mass is 10.0. The van der Waals surface area contributed by atoms with Crippen LogP contribution < -0.4 is 5.32 Å². The quantitative estimate of drug-likeness (QED) is 0.768. The summed E-state index contributed by atoms with van der Waals surface area (Å²) in [6.45, 7) is 2.39. The molecule has 1 aromatic rings. The molecule has 2 unspecified atom stereocenters. The first kappa shape index (κ1) is 15.8. The average Bonchev–Trinajstić information content (AvgIpc) is 2.36. The van der Waals surface area contributed by atoms with Crippen LogP contribution in [0, 0.1) is 0 Å². The van der Waals surface area contributed by atoms with Crippen LogP contribution in [-0.4, -0.2) is 29.8 Å². The van der Waals surface area contributed by atoms with Gasteiger partial charge in [-0.2, -0.15) is 11.8 Å². The molecule has 0 amide bonds. The summed E-state index contributed by atoms with van der Waals surface area (Å²) in [6.07, 6.45) is 3.89. The van der Waals surface area contributed by atoms with Crippen molar-refractivity contribution in [2.45, 2.75) is 31.8 Å². The van der Waals surface area contributed by atoms with Gasteiger partial charge in [0.1, 0.15) is 0 Å². The van der Waals surface area contributed by atoms with Crippen molar-refractivity contribution in [1.82, 2.24) is 5.32 Å². The van der Waals surface area contributed by atoms with E-state index in [2.05, 4.69) is 24.6 Å². The molecule has 0 heterocycles. The zero-order chi connectivity index (χ0) is 13.4. The Morgan fingerprint density at radius 2 is 2.22 bits per heavy atom. The Bertz CT molecular complexity index is 342. The van der Waals surface area contributed by atoms with Crippen LogP contribution in [0.2, 0.25) is 5.02 Å². The second kappa shape index (κ2) is 8.81. The van der Waals surface area contributed by atoms with Crippen LogP contribution in [0.3, 0.4) is 0 Å². The van der Waals surface area contributed by atoms with E-state index in [0.717, 1.165) is 23.6 Å². The molecule has 1 rings (SSSR count). The first-order valence-electron chi connectivity index (χ1n) is 6.32. The zero-order valence-corrected chi connectivity index (χ0v) is 12.6. The van der Waals surface area contributed by atoms with Crippen LogP contribution in [0.15, 0.2) is 24.3 Å². The van der Waals surface area contributed by atoms with E-state index in [-0.39, 0.29) is 6.61 Å². The van der Waals surface area contributed by atoms with Gasteiger partial charge in [-0.3, -0.25) is 0 Å². The minimum Gasteiger partial charge on any atom is -0.396 e. The second-order valence-electron chi connectivity index (χ2n) is 4.35. The molecule has 102 valence electrons. The lowest BCUT2D eigenvalue weighted by molar-refractivity contribution is 0.263. The predicted molar refractivity (Wildman–Crippen MR) is 81.5 cm³/mol. The van der Waals surface area contributed by atoms with E-state index in [1.54, 1.807) is 11.8 Å². The van der Waals surface area contributed by atoms with E-state index in [4.69, 9.17) is 16.7 Å². The molecule has 0 aromatic heterocycles. The first-order chi connectivity index (χ1) is 8.71. The SMILES string of the molecule is CCC(NC(CCO)CSC)c1cccc(Cl)c1. The standard InChI is InChI=1S/C14H22ClNOS/c1-3-14(11-5-4-6-12(15)9-11)16-13(7-8-17)10-18-2/h4-6,9,13-14,16-17H,3,7-8,10H2,1-2H3. The molecule has 4 heteroatoms. The third-order valence-electron chi connectivity index (χ3n) is 2.94. The van der Waals surface area contributed by atoms with Crippen molar-refractivity contribution in [2.75, 3.05) is 18.6 Å². The van der Waals surface area contributed by atoms with Crippen molar-refractivity contribution in [1.29, 1.82) is 0 Å². The smallest absolute Gasteiger partial charge is 0.0446 e. The Morgan fingerprint density at radius 3 is 2.78 bits per heavy atom. The Kier molecular flexibility index (Phi) is 7.75. The number of rotatable bonds is 8. The third-order valence-corrected chi connectivity index (χ3v) is 3.91. The van der Waals surface area contributed by atoms with E-state index in [0.29, 0.717) is 12.1 Å². The summed E-state index contributed by atoms with van der Waals surface area (Å²) < 4.78 is 0. The molecule has 0 aliphatic carbocycles. The lowest BCUT2D eigenvalue weighted by Gasteiger charge is -2.24. The molecule has 0 saturated carbocycles. The number of aliphatic hydroxyl groups excluding tert-OH is 1. The number of halogens is 1. The average molecular weight is 288 g/mol. The summed E-state index contributed by atoms with van der Waals surface area (Å²) in [4.78, 5) is 0. The molecular weight excluding hydrogens is 266 g/mol. The van der Waals surface area contributed by atoms with Crippen LogP contribution in [0.5, 0.6) is 0 Å². The van der Waals surface area contributed by atoms with Gasteiger partial charge in [-0.15, -0.1) is 0 Å². The van der Waals surface area contributed by atoms with E-state index in [9.17, 15) is 0 Å². The van der Waals surface area contributed by atoms with E-state index >= 15 is 0 Å². The molecule has 2 atom stereocenters. The molecule has 0 bridgehead atoms. The molecule has 0 saturated heterocycles. The maximum atomic E-state index is 9.09. The number of hydrogen-bond acceptors (Lipinski definition) is 3. The van der Waals surface area contributed by atoms with Crippen molar-refractivity contribution in [3.63, 3.8) is 0 Å². The van der Waals surface area contributed by atoms with Gasteiger partial charge in [-0.05, 0) is 36.8 Å². The minimum atomic E-state index is 0.226. The summed E-state index contributed by atoms with van der Waals surface area (Å²) in [6, 6.07) is 8.63. The normalized spacial score (nSPS) is 14.4. The van der Waals surface area contributed by atoms with E-state index in [1.165, 1.54) is 5.56 Å². The van der Waals surface area contributed by atoms with Crippen molar-refractivity contribution in [3.05, 3.63) is 34.9 Å². The molecule has 2 nitrogen and oxygen atoms in total. The Labute approximate surface area is 119 Å². The van der Waals surface area contributed by atoms with E-state index < -0.39 is 0 Å². The molecule has 0 aliphatic heterocycles. The van der Waals surface area contributed by atoms with Gasteiger partial charge in [0.25, 0.3) is 0 Å². The van der Waals surface area contributed by atoms with Gasteiger partial charge in [0.2, 0.25) is 0 Å². The van der Waals surface area contributed by atoms with Gasteiger partial charge in [0.15, 0.2) is 0 Å². The number of thioether (sulfide) groups is 1. The Balaban J connectivity index is 2.70. The van der Waals surface area contributed by atoms with Gasteiger partial charge >= 0.3 is 0 Å². The highest BCUT2D eigenvalue weighted by Crippen LogP contribution is 2.21. The van der Waals surface area contributed by atoms with Gasteiger partial charge < -0.3 is 10.4 Å². The Morgan fingerprint density at radius 1 is 1.44 bits per heavy atom. The monoisotopic (exact) mass is 287 g/mol. The Hall–Kier alpha value is -0.220. The lowest BCUT2D eigenvalue weighted by Crippen LogP contribution is -2.35. The summed E-state index contributed by atoms with van der Waals surface area (Å²) >= 11 is 7.83. The molecular formula is C14H22ClNOS. The molecule has 18 heavy (non-hydrogen) atoms. The molecule has 0 spiro atoms. The van der Waals surface area contributed by atoms with Gasteiger partial charge in [0, 0.05) is 29.5 Å². The van der Waals surface area contributed by atoms with Crippen LogP contribution >= 0.6 is 23.4 Å². The largest absolute Gasteiger partial charge is 0.396 e. The number of aliphatic hydroxyl groups is 1. The summed E-state index contributed by atoms with van der Waals surface area (Å²) in [5.74, 6) is 1.01. The number of benzene rings is 1. The van der Waals surface area contributed by atoms with Crippen LogP contribution in [0.4, 0.5) is 0 Å². The van der Waals surface area contributed by atoms with Crippen LogP contribution in [0.25, 0.3) is 0 Å². The minimum absolute atomic E-state index is 0.226. The van der Waals surface area contributed by atoms with Crippen molar-refractivity contribution < 1.29 is 5.11 Å².